The van der Waals surface area contributed by atoms with E-state index in [1.165, 1.54) is 0 Å². The van der Waals surface area contributed by atoms with Gasteiger partial charge in [-0.2, -0.15) is 0 Å². The monoisotopic (exact) mass is 208 g/mol. The Kier molecular flexibility index (Phi) is 3.46. The molecule has 0 aliphatic carbocycles. The molecule has 84 valence electrons. The Morgan fingerprint density at radius 3 is 2.43 bits per heavy atom. The van der Waals surface area contributed by atoms with Crippen molar-refractivity contribution in [1.29, 1.82) is 0 Å². The summed E-state index contributed by atoms with van der Waals surface area (Å²) in [6, 6.07) is 0. The van der Waals surface area contributed by atoms with Gasteiger partial charge in [-0.05, 0) is 6.92 Å². The third kappa shape index (κ3) is 1.90. The minimum atomic E-state index is -1.94. The molecule has 5 N–H and O–H groups in total. The zero-order valence-electron chi connectivity index (χ0n) is 7.87. The van der Waals surface area contributed by atoms with Crippen LogP contribution in [0.2, 0.25) is 0 Å². The van der Waals surface area contributed by atoms with Crippen LogP contribution in [0, 0.1) is 5.92 Å². The fourth-order valence-electron chi connectivity index (χ4n) is 1.39. The average molecular weight is 208 g/mol. The average Bonchev–Trinajstić information content (AvgIpc) is 2.21. The molecule has 1 rings (SSSR count). The molecule has 0 aromatic heterocycles. The van der Waals surface area contributed by atoms with Crippen LogP contribution in [0.15, 0.2) is 0 Å². The van der Waals surface area contributed by atoms with E-state index in [1.807, 2.05) is 0 Å². The van der Waals surface area contributed by atoms with Crippen molar-refractivity contribution in [1.82, 2.24) is 0 Å². The Morgan fingerprint density at radius 2 is 1.93 bits per heavy atom. The summed E-state index contributed by atoms with van der Waals surface area (Å²) in [5.41, 5.74) is -1.94. The van der Waals surface area contributed by atoms with Gasteiger partial charge in [0.15, 0.2) is 6.29 Å². The Hall–Kier alpha value is -0.240. The predicted octanol–water partition coefficient (Wildman–Crippen LogP) is -2.58. The molecule has 0 saturated carbocycles. The van der Waals surface area contributed by atoms with Crippen LogP contribution in [0.4, 0.5) is 0 Å². The highest BCUT2D eigenvalue weighted by Crippen LogP contribution is 2.26. The lowest BCUT2D eigenvalue weighted by atomic mass is 9.89. The van der Waals surface area contributed by atoms with E-state index in [9.17, 15) is 20.4 Å². The molecule has 1 heterocycles. The van der Waals surface area contributed by atoms with E-state index in [-0.39, 0.29) is 13.2 Å². The van der Waals surface area contributed by atoms with Crippen molar-refractivity contribution in [3.63, 3.8) is 0 Å². The quantitative estimate of drug-likeness (QED) is 0.323. The Bertz CT molecular complexity index is 194. The summed E-state index contributed by atoms with van der Waals surface area (Å²) in [5.74, 6) is -0.714. The van der Waals surface area contributed by atoms with Crippen molar-refractivity contribution in [3.8, 4) is 0 Å². The molecule has 0 aromatic carbocycles. The predicted molar refractivity (Wildman–Crippen MR) is 45.2 cm³/mol. The zero-order chi connectivity index (χ0) is 10.9. The summed E-state index contributed by atoms with van der Waals surface area (Å²) in [7, 11) is 0. The van der Waals surface area contributed by atoms with Crippen LogP contribution in [0.25, 0.3) is 0 Å². The second kappa shape index (κ2) is 4.09. The minimum Gasteiger partial charge on any atom is -0.396 e. The molecule has 5 atom stereocenters. The largest absolute Gasteiger partial charge is 0.396 e. The molecule has 5 unspecified atom stereocenters. The fraction of sp³-hybridized carbons (Fsp3) is 1.00. The number of hydrogen-bond donors (Lipinski definition) is 5. The van der Waals surface area contributed by atoms with E-state index in [1.54, 1.807) is 0 Å². The van der Waals surface area contributed by atoms with Crippen LogP contribution in [0.3, 0.4) is 0 Å². The van der Waals surface area contributed by atoms with E-state index >= 15 is 0 Å². The molecule has 1 saturated heterocycles. The number of rotatable bonds is 1. The highest BCUT2D eigenvalue weighted by molar-refractivity contribution is 4.94. The van der Waals surface area contributed by atoms with Crippen LogP contribution in [-0.4, -0.2) is 62.8 Å². The van der Waals surface area contributed by atoms with Crippen molar-refractivity contribution in [2.24, 2.45) is 5.92 Å². The van der Waals surface area contributed by atoms with Crippen molar-refractivity contribution >= 4 is 0 Å². The molecule has 6 nitrogen and oxygen atoms in total. The standard InChI is InChI=1S/C8H16O6/c1-8(13)6(11)5(10)4(2-9)3-14-7(8)12/h4-7,9-13H,2-3H2,1H3. The molecule has 0 amide bonds. The van der Waals surface area contributed by atoms with Gasteiger partial charge in [0.2, 0.25) is 0 Å². The third-order valence-electron chi connectivity index (χ3n) is 2.61. The van der Waals surface area contributed by atoms with Crippen molar-refractivity contribution in [2.45, 2.75) is 31.0 Å². The first kappa shape index (κ1) is 11.8. The van der Waals surface area contributed by atoms with Crippen LogP contribution in [0.1, 0.15) is 6.92 Å². The smallest absolute Gasteiger partial charge is 0.186 e. The van der Waals surface area contributed by atoms with Gasteiger partial charge in [-0.1, -0.05) is 0 Å². The molecule has 0 spiro atoms. The number of aliphatic hydroxyl groups excluding tert-OH is 4. The molecule has 0 radical (unpaired) electrons. The Morgan fingerprint density at radius 1 is 1.36 bits per heavy atom. The topological polar surface area (TPSA) is 110 Å². The number of aliphatic hydroxyl groups is 5. The van der Waals surface area contributed by atoms with E-state index in [2.05, 4.69) is 0 Å². The first-order valence-electron chi connectivity index (χ1n) is 4.40. The summed E-state index contributed by atoms with van der Waals surface area (Å²) in [6.45, 7) is 0.651. The van der Waals surface area contributed by atoms with Gasteiger partial charge in [0.1, 0.15) is 11.7 Å². The van der Waals surface area contributed by atoms with Gasteiger partial charge in [0.25, 0.3) is 0 Å². The fourth-order valence-corrected chi connectivity index (χ4v) is 1.39. The lowest BCUT2D eigenvalue weighted by Crippen LogP contribution is -2.54. The van der Waals surface area contributed by atoms with E-state index in [4.69, 9.17) is 9.84 Å². The Balaban J connectivity index is 2.85. The molecule has 1 fully saturated rings. The molecule has 1 aliphatic rings. The molecule has 6 heteroatoms. The van der Waals surface area contributed by atoms with E-state index in [0.29, 0.717) is 0 Å². The lowest BCUT2D eigenvalue weighted by Gasteiger charge is -2.32. The Labute approximate surface area is 81.4 Å². The molecular weight excluding hydrogens is 192 g/mol. The van der Waals surface area contributed by atoms with Gasteiger partial charge in [0.05, 0.1) is 19.3 Å². The van der Waals surface area contributed by atoms with Crippen LogP contribution < -0.4 is 0 Å². The SMILES string of the molecule is CC1(O)C(O)OCC(CO)C(O)C1O. The molecule has 0 aromatic rings. The van der Waals surface area contributed by atoms with Gasteiger partial charge in [0, 0.05) is 5.92 Å². The summed E-state index contributed by atoms with van der Waals surface area (Å²) in [5, 5.41) is 46.8. The maximum atomic E-state index is 9.61. The molecule has 1 aliphatic heterocycles. The maximum absolute atomic E-state index is 9.61. The van der Waals surface area contributed by atoms with E-state index in [0.717, 1.165) is 6.92 Å². The highest BCUT2D eigenvalue weighted by Gasteiger charge is 2.47. The number of ether oxygens (including phenoxy) is 1. The summed E-state index contributed by atoms with van der Waals surface area (Å²) in [4.78, 5) is 0. The van der Waals surface area contributed by atoms with Crippen LogP contribution in [-0.2, 0) is 4.74 Å². The first-order chi connectivity index (χ1) is 6.41. The van der Waals surface area contributed by atoms with Crippen LogP contribution >= 0.6 is 0 Å². The minimum absolute atomic E-state index is 0.119. The second-order valence-electron chi connectivity index (χ2n) is 3.79. The molecule has 14 heavy (non-hydrogen) atoms. The van der Waals surface area contributed by atoms with E-state index < -0.39 is 30.0 Å². The van der Waals surface area contributed by atoms with Crippen molar-refractivity contribution < 1.29 is 30.3 Å². The van der Waals surface area contributed by atoms with Crippen molar-refractivity contribution in [3.05, 3.63) is 0 Å². The summed E-state index contributed by atoms with van der Waals surface area (Å²) >= 11 is 0. The van der Waals surface area contributed by atoms with Crippen LogP contribution in [0.5, 0.6) is 0 Å². The van der Waals surface area contributed by atoms with Gasteiger partial charge in [-0.3, -0.25) is 0 Å². The van der Waals surface area contributed by atoms with Gasteiger partial charge < -0.3 is 30.3 Å². The summed E-state index contributed by atoms with van der Waals surface area (Å²) < 4.78 is 4.79. The normalized spacial score (nSPS) is 50.1. The van der Waals surface area contributed by atoms with Gasteiger partial charge in [-0.25, -0.2) is 0 Å². The maximum Gasteiger partial charge on any atom is 0.186 e. The number of hydrogen-bond acceptors (Lipinski definition) is 6. The van der Waals surface area contributed by atoms with Gasteiger partial charge in [-0.15, -0.1) is 0 Å². The second-order valence-corrected chi connectivity index (χ2v) is 3.79. The lowest BCUT2D eigenvalue weighted by molar-refractivity contribution is -0.233. The van der Waals surface area contributed by atoms with Crippen molar-refractivity contribution in [2.75, 3.05) is 13.2 Å². The third-order valence-corrected chi connectivity index (χ3v) is 2.61. The summed E-state index contributed by atoms with van der Waals surface area (Å²) in [6.07, 6.45) is -4.46. The molecule has 0 bridgehead atoms. The zero-order valence-corrected chi connectivity index (χ0v) is 7.87. The molecular formula is C8H16O6. The highest BCUT2D eigenvalue weighted by atomic mass is 16.6. The first-order valence-corrected chi connectivity index (χ1v) is 4.40. The van der Waals surface area contributed by atoms with Gasteiger partial charge >= 0.3 is 0 Å².